The van der Waals surface area contributed by atoms with Crippen molar-refractivity contribution in [2.75, 3.05) is 0 Å². The van der Waals surface area contributed by atoms with Crippen molar-refractivity contribution in [2.45, 2.75) is 18.9 Å². The molecule has 0 saturated heterocycles. The number of aromatic nitrogens is 1. The van der Waals surface area contributed by atoms with E-state index in [9.17, 15) is 13.2 Å². The maximum absolute atomic E-state index is 13.1. The lowest BCUT2D eigenvalue weighted by Crippen LogP contribution is -2.03. The molecule has 0 aliphatic heterocycles. The van der Waals surface area contributed by atoms with E-state index >= 15 is 0 Å². The van der Waals surface area contributed by atoms with Crippen LogP contribution in [0.5, 0.6) is 0 Å². The Kier molecular flexibility index (Phi) is 3.71. The van der Waals surface area contributed by atoms with Gasteiger partial charge in [0.2, 0.25) is 0 Å². The van der Waals surface area contributed by atoms with Crippen LogP contribution in [-0.2, 0) is 12.5 Å². The number of hydrogen-bond donors (Lipinski definition) is 1. The molecule has 0 aliphatic rings. The van der Waals surface area contributed by atoms with Gasteiger partial charge in [0.1, 0.15) is 0 Å². The molecule has 0 atom stereocenters. The smallest absolute Gasteiger partial charge is 0.266 e. The molecule has 2 nitrogen and oxygen atoms in total. The summed E-state index contributed by atoms with van der Waals surface area (Å²) in [6.07, 6.45) is -2.94. The van der Waals surface area contributed by atoms with Crippen LogP contribution in [0.1, 0.15) is 23.4 Å². The minimum absolute atomic E-state index is 0.0163. The van der Waals surface area contributed by atoms with Crippen LogP contribution in [0.4, 0.5) is 13.2 Å². The summed E-state index contributed by atoms with van der Waals surface area (Å²) in [5.41, 5.74) is -1.06. The second-order valence-electron chi connectivity index (χ2n) is 2.56. The van der Waals surface area contributed by atoms with Crippen molar-refractivity contribution in [3.05, 3.63) is 28.8 Å². The van der Waals surface area contributed by atoms with Crippen LogP contribution < -0.4 is 0 Å². The quantitative estimate of drug-likeness (QED) is 0.802. The Morgan fingerprint density at radius 1 is 1.50 bits per heavy atom. The summed E-state index contributed by atoms with van der Waals surface area (Å²) in [5, 5.41) is 8.68. The SMILES string of the molecule is OCc1cc(C(F)F)c(F)c(CCl)n1. The number of pyridine rings is 1. The van der Waals surface area contributed by atoms with E-state index in [-0.39, 0.29) is 17.3 Å². The molecule has 14 heavy (non-hydrogen) atoms. The first-order valence-electron chi connectivity index (χ1n) is 3.73. The molecule has 0 spiro atoms. The molecule has 1 aromatic rings. The van der Waals surface area contributed by atoms with Crippen molar-refractivity contribution >= 4 is 11.6 Å². The first-order valence-corrected chi connectivity index (χ1v) is 4.26. The number of alkyl halides is 3. The van der Waals surface area contributed by atoms with Crippen LogP contribution >= 0.6 is 11.6 Å². The largest absolute Gasteiger partial charge is 0.390 e. The van der Waals surface area contributed by atoms with Crippen LogP contribution in [0.3, 0.4) is 0 Å². The minimum atomic E-state index is -2.94. The van der Waals surface area contributed by atoms with Crippen molar-refractivity contribution in [1.82, 2.24) is 4.98 Å². The fourth-order valence-corrected chi connectivity index (χ4v) is 1.17. The van der Waals surface area contributed by atoms with Crippen molar-refractivity contribution in [3.63, 3.8) is 0 Å². The highest BCUT2D eigenvalue weighted by molar-refractivity contribution is 6.16. The van der Waals surface area contributed by atoms with Gasteiger partial charge in [-0.3, -0.25) is 4.98 Å². The molecule has 0 saturated carbocycles. The molecule has 1 N–H and O–H groups in total. The van der Waals surface area contributed by atoms with Gasteiger partial charge in [0.05, 0.1) is 29.4 Å². The zero-order valence-corrected chi connectivity index (χ0v) is 7.73. The molecule has 1 rings (SSSR count). The average Bonchev–Trinajstić information content (AvgIpc) is 2.17. The highest BCUT2D eigenvalue weighted by Gasteiger charge is 2.18. The molecule has 0 fully saturated rings. The van der Waals surface area contributed by atoms with Gasteiger partial charge in [0, 0.05) is 0 Å². The highest BCUT2D eigenvalue weighted by atomic mass is 35.5. The number of aliphatic hydroxyl groups is 1. The van der Waals surface area contributed by atoms with E-state index in [0.717, 1.165) is 6.07 Å². The number of aliphatic hydroxyl groups excluding tert-OH is 1. The molecule has 78 valence electrons. The second-order valence-corrected chi connectivity index (χ2v) is 2.82. The summed E-state index contributed by atoms with van der Waals surface area (Å²) < 4.78 is 37.7. The molecule has 0 radical (unpaired) electrons. The summed E-state index contributed by atoms with van der Waals surface area (Å²) >= 11 is 5.31. The summed E-state index contributed by atoms with van der Waals surface area (Å²) in [4.78, 5) is 3.56. The van der Waals surface area contributed by atoms with Gasteiger partial charge in [-0.05, 0) is 6.07 Å². The lowest BCUT2D eigenvalue weighted by Gasteiger charge is -2.07. The molecule has 1 heterocycles. The summed E-state index contributed by atoms with van der Waals surface area (Å²) in [6, 6.07) is 0.829. The Bertz CT molecular complexity index is 333. The number of halogens is 4. The van der Waals surface area contributed by atoms with E-state index in [1.807, 2.05) is 0 Å². The van der Waals surface area contributed by atoms with E-state index in [1.165, 1.54) is 0 Å². The topological polar surface area (TPSA) is 33.1 Å². The van der Waals surface area contributed by atoms with Crippen LogP contribution in [0.15, 0.2) is 6.07 Å². The molecular weight excluding hydrogens is 219 g/mol. The molecule has 0 bridgehead atoms. The van der Waals surface area contributed by atoms with Crippen molar-refractivity contribution in [2.24, 2.45) is 0 Å². The fourth-order valence-electron chi connectivity index (χ4n) is 0.993. The molecule has 0 unspecified atom stereocenters. The van der Waals surface area contributed by atoms with E-state index < -0.39 is 24.4 Å². The van der Waals surface area contributed by atoms with Gasteiger partial charge in [0.25, 0.3) is 6.43 Å². The lowest BCUT2D eigenvalue weighted by atomic mass is 10.2. The Labute approximate surface area is 83.3 Å². The minimum Gasteiger partial charge on any atom is -0.390 e. The normalized spacial score (nSPS) is 11.0. The maximum Gasteiger partial charge on any atom is 0.266 e. The second kappa shape index (κ2) is 4.61. The van der Waals surface area contributed by atoms with E-state index in [2.05, 4.69) is 4.98 Å². The fraction of sp³-hybridized carbons (Fsp3) is 0.375. The van der Waals surface area contributed by atoms with Crippen LogP contribution in [-0.4, -0.2) is 10.1 Å². The van der Waals surface area contributed by atoms with E-state index in [1.54, 1.807) is 0 Å². The predicted molar refractivity (Wildman–Crippen MR) is 44.6 cm³/mol. The van der Waals surface area contributed by atoms with Crippen molar-refractivity contribution in [3.8, 4) is 0 Å². The van der Waals surface area contributed by atoms with Gasteiger partial charge in [-0.2, -0.15) is 0 Å². The Balaban J connectivity index is 3.27. The lowest BCUT2D eigenvalue weighted by molar-refractivity contribution is 0.145. The molecular formula is C8H7ClF3NO. The maximum atomic E-state index is 13.1. The number of nitrogens with zero attached hydrogens (tertiary/aromatic N) is 1. The van der Waals surface area contributed by atoms with Gasteiger partial charge in [0.15, 0.2) is 5.82 Å². The van der Waals surface area contributed by atoms with Gasteiger partial charge >= 0.3 is 0 Å². The van der Waals surface area contributed by atoms with Crippen LogP contribution in [0, 0.1) is 5.82 Å². The zero-order valence-electron chi connectivity index (χ0n) is 6.98. The first-order chi connectivity index (χ1) is 6.60. The van der Waals surface area contributed by atoms with Gasteiger partial charge in [-0.1, -0.05) is 0 Å². The van der Waals surface area contributed by atoms with Crippen LogP contribution in [0.25, 0.3) is 0 Å². The highest BCUT2D eigenvalue weighted by Crippen LogP contribution is 2.25. The number of rotatable bonds is 3. The Morgan fingerprint density at radius 2 is 2.14 bits per heavy atom. The number of hydrogen-bond acceptors (Lipinski definition) is 2. The predicted octanol–water partition coefficient (Wildman–Crippen LogP) is 2.39. The summed E-state index contributed by atoms with van der Waals surface area (Å²) in [6.45, 7) is -0.524. The first kappa shape index (κ1) is 11.3. The van der Waals surface area contributed by atoms with Crippen LogP contribution in [0.2, 0.25) is 0 Å². The van der Waals surface area contributed by atoms with Gasteiger partial charge < -0.3 is 5.11 Å². The monoisotopic (exact) mass is 225 g/mol. The van der Waals surface area contributed by atoms with Crippen molar-refractivity contribution < 1.29 is 18.3 Å². The standard InChI is InChI=1S/C8H7ClF3NO/c9-2-6-7(10)5(8(11)12)1-4(3-14)13-6/h1,8,14H,2-3H2. The van der Waals surface area contributed by atoms with Gasteiger partial charge in [-0.15, -0.1) is 11.6 Å². The molecule has 0 amide bonds. The summed E-state index contributed by atoms with van der Waals surface area (Å²) in [7, 11) is 0. The third kappa shape index (κ3) is 2.16. The third-order valence-electron chi connectivity index (χ3n) is 1.63. The molecule has 0 aliphatic carbocycles. The van der Waals surface area contributed by atoms with Gasteiger partial charge in [-0.25, -0.2) is 13.2 Å². The Morgan fingerprint density at radius 3 is 2.57 bits per heavy atom. The Hall–Kier alpha value is -0.810. The third-order valence-corrected chi connectivity index (χ3v) is 1.88. The molecule has 0 aromatic carbocycles. The molecule has 6 heteroatoms. The summed E-state index contributed by atoms with van der Waals surface area (Å²) in [5.74, 6) is -1.41. The molecule has 1 aromatic heterocycles. The average molecular weight is 226 g/mol. The van der Waals surface area contributed by atoms with E-state index in [0.29, 0.717) is 0 Å². The van der Waals surface area contributed by atoms with Crippen molar-refractivity contribution in [1.29, 1.82) is 0 Å². The zero-order chi connectivity index (χ0) is 10.7. The van der Waals surface area contributed by atoms with E-state index in [4.69, 9.17) is 16.7 Å².